The molecule has 3 rings (SSSR count). The fraction of sp³-hybridized carbons (Fsp3) is 0.300. The molecule has 0 saturated carbocycles. The maximum atomic E-state index is 12.4. The fourth-order valence-corrected chi connectivity index (χ4v) is 3.31. The minimum atomic E-state index is -2.55. The molecule has 2 aromatic carbocycles. The normalized spacial score (nSPS) is 15.7. The van der Waals surface area contributed by atoms with Crippen molar-refractivity contribution in [1.29, 1.82) is 0 Å². The molecular formula is C20H21NO5. The van der Waals surface area contributed by atoms with Crippen molar-refractivity contribution in [3.63, 3.8) is 0 Å². The number of aliphatic hydroxyl groups is 1. The largest absolute Gasteiger partial charge is 0.479 e. The Morgan fingerprint density at radius 1 is 1.04 bits per heavy atom. The molecule has 4 N–H and O–H groups in total. The Balaban J connectivity index is 1.89. The molecule has 0 fully saturated rings. The van der Waals surface area contributed by atoms with Crippen molar-refractivity contribution in [3.05, 3.63) is 59.7 Å². The summed E-state index contributed by atoms with van der Waals surface area (Å²) in [4.78, 5) is 24.0. The Labute approximate surface area is 151 Å². The summed E-state index contributed by atoms with van der Waals surface area (Å²) in [6, 6.07) is 15.6. The van der Waals surface area contributed by atoms with E-state index < -0.39 is 23.1 Å². The van der Waals surface area contributed by atoms with E-state index in [0.717, 1.165) is 22.3 Å². The molecule has 0 saturated heterocycles. The number of aliphatic carboxylic acids is 1. The van der Waals surface area contributed by atoms with Gasteiger partial charge in [0.15, 0.2) is 0 Å². The average Bonchev–Trinajstić information content (AvgIpc) is 2.92. The van der Waals surface area contributed by atoms with Crippen LogP contribution >= 0.6 is 0 Å². The molecule has 0 heterocycles. The fourth-order valence-electron chi connectivity index (χ4n) is 3.31. The van der Waals surface area contributed by atoms with Crippen molar-refractivity contribution in [1.82, 2.24) is 0 Å². The lowest BCUT2D eigenvalue weighted by atomic mass is 9.83. The van der Waals surface area contributed by atoms with Gasteiger partial charge in [0.05, 0.1) is 5.60 Å². The van der Waals surface area contributed by atoms with Crippen LogP contribution in [0.3, 0.4) is 0 Å². The Bertz CT molecular complexity index is 825. The van der Waals surface area contributed by atoms with Gasteiger partial charge < -0.3 is 20.7 Å². The quantitative estimate of drug-likeness (QED) is 0.558. The van der Waals surface area contributed by atoms with Crippen molar-refractivity contribution in [3.8, 4) is 11.1 Å². The van der Waals surface area contributed by atoms with Crippen molar-refractivity contribution >= 4 is 11.9 Å². The van der Waals surface area contributed by atoms with Gasteiger partial charge in [-0.15, -0.1) is 0 Å². The molecule has 1 aliphatic rings. The standard InChI is InChI=1S/C20H21NO5/c1-19(2,25)20(21,17(22)23)18(24)26-11-16-14-9-5-3-7-12(14)13-8-4-6-10-15(13)16/h3-10,16,25H,11,21H2,1-2H3,(H,22,23)/t20-/m0/s1. The number of ether oxygens (including phenoxy) is 1. The van der Waals surface area contributed by atoms with Crippen LogP contribution in [0.4, 0.5) is 0 Å². The minimum absolute atomic E-state index is 0.0603. The van der Waals surface area contributed by atoms with E-state index in [0.29, 0.717) is 0 Å². The first-order valence-corrected chi connectivity index (χ1v) is 8.28. The molecule has 0 unspecified atom stereocenters. The molecule has 2 aromatic rings. The molecule has 0 amide bonds. The lowest BCUT2D eigenvalue weighted by Crippen LogP contribution is -2.68. The third-order valence-corrected chi connectivity index (χ3v) is 4.97. The zero-order valence-electron chi connectivity index (χ0n) is 14.6. The number of carboxylic acid groups (broad SMARTS) is 1. The van der Waals surface area contributed by atoms with Crippen LogP contribution in [0.5, 0.6) is 0 Å². The molecule has 1 atom stereocenters. The second-order valence-electron chi connectivity index (χ2n) is 7.00. The lowest BCUT2D eigenvalue weighted by Gasteiger charge is -2.34. The van der Waals surface area contributed by atoms with E-state index in [9.17, 15) is 19.8 Å². The van der Waals surface area contributed by atoms with Crippen LogP contribution in [0.15, 0.2) is 48.5 Å². The summed E-state index contributed by atoms with van der Waals surface area (Å²) in [6.45, 7) is 2.28. The lowest BCUT2D eigenvalue weighted by molar-refractivity contribution is -0.173. The zero-order chi connectivity index (χ0) is 19.1. The van der Waals surface area contributed by atoms with Gasteiger partial charge in [0, 0.05) is 5.92 Å². The molecule has 136 valence electrons. The highest BCUT2D eigenvalue weighted by atomic mass is 16.5. The van der Waals surface area contributed by atoms with Crippen molar-refractivity contribution < 1.29 is 24.5 Å². The van der Waals surface area contributed by atoms with E-state index in [-0.39, 0.29) is 12.5 Å². The molecule has 6 nitrogen and oxygen atoms in total. The van der Waals surface area contributed by atoms with Gasteiger partial charge in [0.2, 0.25) is 5.54 Å². The second kappa shape index (κ2) is 6.23. The first-order valence-electron chi connectivity index (χ1n) is 8.28. The van der Waals surface area contributed by atoms with E-state index in [4.69, 9.17) is 10.5 Å². The van der Waals surface area contributed by atoms with Gasteiger partial charge in [-0.25, -0.2) is 9.59 Å². The van der Waals surface area contributed by atoms with E-state index in [1.165, 1.54) is 13.8 Å². The third-order valence-electron chi connectivity index (χ3n) is 4.97. The highest BCUT2D eigenvalue weighted by Crippen LogP contribution is 2.44. The van der Waals surface area contributed by atoms with E-state index >= 15 is 0 Å². The van der Waals surface area contributed by atoms with Crippen LogP contribution in [0, 0.1) is 0 Å². The number of carbonyl (C=O) groups is 2. The molecule has 0 bridgehead atoms. The van der Waals surface area contributed by atoms with Crippen LogP contribution in [0.1, 0.15) is 30.9 Å². The van der Waals surface area contributed by atoms with Gasteiger partial charge in [-0.05, 0) is 36.1 Å². The number of hydrogen-bond donors (Lipinski definition) is 3. The molecule has 6 heteroatoms. The summed E-state index contributed by atoms with van der Waals surface area (Å²) in [5.41, 5.74) is 5.30. The predicted octanol–water partition coefficient (Wildman–Crippen LogP) is 1.90. The SMILES string of the molecule is CC(C)(O)[C@](N)(C(=O)O)C(=O)OCC1c2ccccc2-c2ccccc21. The molecular weight excluding hydrogens is 334 g/mol. The Kier molecular flexibility index (Phi) is 4.34. The van der Waals surface area contributed by atoms with Crippen molar-refractivity contribution in [2.45, 2.75) is 30.9 Å². The summed E-state index contributed by atoms with van der Waals surface area (Å²) >= 11 is 0. The molecule has 1 aliphatic carbocycles. The molecule has 0 aromatic heterocycles. The first kappa shape index (κ1) is 18.1. The summed E-state index contributed by atoms with van der Waals surface area (Å²) in [5, 5.41) is 19.4. The highest BCUT2D eigenvalue weighted by molar-refractivity contribution is 6.05. The molecule has 26 heavy (non-hydrogen) atoms. The average molecular weight is 355 g/mol. The van der Waals surface area contributed by atoms with Crippen LogP contribution in [-0.4, -0.2) is 39.9 Å². The number of carbonyl (C=O) groups excluding carboxylic acids is 1. The number of nitrogens with two attached hydrogens (primary N) is 1. The Morgan fingerprint density at radius 3 is 1.92 bits per heavy atom. The van der Waals surface area contributed by atoms with E-state index in [1.807, 2.05) is 48.5 Å². The highest BCUT2D eigenvalue weighted by Gasteiger charge is 2.56. The van der Waals surface area contributed by atoms with Gasteiger partial charge >= 0.3 is 11.9 Å². The third kappa shape index (κ3) is 2.67. The van der Waals surface area contributed by atoms with Crippen LogP contribution in [0.25, 0.3) is 11.1 Å². The number of benzene rings is 2. The van der Waals surface area contributed by atoms with Crippen molar-refractivity contribution in [2.24, 2.45) is 5.73 Å². The maximum absolute atomic E-state index is 12.4. The zero-order valence-corrected chi connectivity index (χ0v) is 14.6. The van der Waals surface area contributed by atoms with Crippen LogP contribution in [-0.2, 0) is 14.3 Å². The molecule has 0 spiro atoms. The Hall–Kier alpha value is -2.70. The topological polar surface area (TPSA) is 110 Å². The number of hydrogen-bond acceptors (Lipinski definition) is 5. The maximum Gasteiger partial charge on any atom is 0.340 e. The number of esters is 1. The second-order valence-corrected chi connectivity index (χ2v) is 7.00. The summed E-state index contributed by atoms with van der Waals surface area (Å²) in [7, 11) is 0. The minimum Gasteiger partial charge on any atom is -0.479 e. The van der Waals surface area contributed by atoms with E-state index in [2.05, 4.69) is 0 Å². The monoisotopic (exact) mass is 355 g/mol. The van der Waals surface area contributed by atoms with Gasteiger partial charge in [0.25, 0.3) is 0 Å². The first-order chi connectivity index (χ1) is 12.2. The summed E-state index contributed by atoms with van der Waals surface area (Å²) in [6.07, 6.45) is 0. The number of rotatable bonds is 5. The van der Waals surface area contributed by atoms with Gasteiger partial charge in [-0.1, -0.05) is 48.5 Å². The smallest absolute Gasteiger partial charge is 0.340 e. The van der Waals surface area contributed by atoms with Gasteiger partial charge in [-0.3, -0.25) is 0 Å². The summed E-state index contributed by atoms with van der Waals surface area (Å²) in [5.74, 6) is -3.02. The van der Waals surface area contributed by atoms with Crippen LogP contribution in [0.2, 0.25) is 0 Å². The number of carboxylic acids is 1. The van der Waals surface area contributed by atoms with Gasteiger partial charge in [-0.2, -0.15) is 0 Å². The Morgan fingerprint density at radius 2 is 1.50 bits per heavy atom. The van der Waals surface area contributed by atoms with Gasteiger partial charge in [0.1, 0.15) is 6.61 Å². The van der Waals surface area contributed by atoms with Crippen LogP contribution < -0.4 is 5.73 Å². The molecule has 0 aliphatic heterocycles. The summed E-state index contributed by atoms with van der Waals surface area (Å²) < 4.78 is 5.29. The van der Waals surface area contributed by atoms with E-state index in [1.54, 1.807) is 0 Å². The van der Waals surface area contributed by atoms with Crippen molar-refractivity contribution in [2.75, 3.05) is 6.61 Å². The number of fused-ring (bicyclic) bond motifs is 3. The predicted molar refractivity (Wildman–Crippen MR) is 95.5 cm³/mol. The molecule has 0 radical (unpaired) electrons.